The van der Waals surface area contributed by atoms with Crippen LogP contribution in [-0.4, -0.2) is 22.8 Å². The quantitative estimate of drug-likeness (QED) is 0.412. The molecule has 1 aliphatic rings. The number of pyridine rings is 1. The zero-order valence-electron chi connectivity index (χ0n) is 17.3. The van der Waals surface area contributed by atoms with Crippen LogP contribution in [-0.2, 0) is 11.4 Å². The summed E-state index contributed by atoms with van der Waals surface area (Å²) in [5.74, 6) is 1.60. The van der Waals surface area contributed by atoms with Gasteiger partial charge < -0.3 is 18.9 Å². The lowest BCUT2D eigenvalue weighted by Gasteiger charge is -2.26. The standard InChI is InChI=1S/C25H20FN3O3/c1-30-19-10-8-17(9-11-19)25-29(24(28-32-25)23-7-4-14-31-23)16-18-15-27-13-12-20(18)21-5-2-3-6-22(21)26/h2-15,25H,16H2,1H3. The minimum atomic E-state index is -0.491. The zero-order valence-corrected chi connectivity index (χ0v) is 17.3. The first-order valence-corrected chi connectivity index (χ1v) is 10.1. The summed E-state index contributed by atoms with van der Waals surface area (Å²) in [5.41, 5.74) is 3.01. The third kappa shape index (κ3) is 3.69. The Hall–Kier alpha value is -4.13. The van der Waals surface area contributed by atoms with Gasteiger partial charge in [0.1, 0.15) is 11.6 Å². The Kier molecular flexibility index (Phi) is 5.29. The molecular formula is C25H20FN3O3. The largest absolute Gasteiger partial charge is 0.497 e. The molecule has 0 saturated heterocycles. The molecule has 0 radical (unpaired) electrons. The van der Waals surface area contributed by atoms with Gasteiger partial charge in [-0.25, -0.2) is 4.39 Å². The van der Waals surface area contributed by atoms with Crippen LogP contribution in [0.1, 0.15) is 23.1 Å². The van der Waals surface area contributed by atoms with Crippen molar-refractivity contribution < 1.29 is 18.4 Å². The maximum atomic E-state index is 14.6. The molecular weight excluding hydrogens is 409 g/mol. The van der Waals surface area contributed by atoms with Crippen LogP contribution in [0.4, 0.5) is 4.39 Å². The van der Waals surface area contributed by atoms with Crippen molar-refractivity contribution in [2.45, 2.75) is 12.8 Å². The number of hydrogen-bond donors (Lipinski definition) is 0. The van der Waals surface area contributed by atoms with Crippen LogP contribution in [0.25, 0.3) is 11.1 Å². The zero-order chi connectivity index (χ0) is 21.9. The van der Waals surface area contributed by atoms with Gasteiger partial charge in [0, 0.05) is 23.5 Å². The van der Waals surface area contributed by atoms with Crippen LogP contribution < -0.4 is 4.74 Å². The highest BCUT2D eigenvalue weighted by atomic mass is 19.1. The number of halogens is 1. The predicted molar refractivity (Wildman–Crippen MR) is 117 cm³/mol. The molecule has 1 aliphatic heterocycles. The molecule has 0 bridgehead atoms. The molecule has 160 valence electrons. The lowest BCUT2D eigenvalue weighted by atomic mass is 10.0. The number of nitrogens with zero attached hydrogens (tertiary/aromatic N) is 3. The van der Waals surface area contributed by atoms with Crippen LogP contribution >= 0.6 is 0 Å². The third-order valence-electron chi connectivity index (χ3n) is 5.34. The normalized spacial score (nSPS) is 15.4. The van der Waals surface area contributed by atoms with Gasteiger partial charge >= 0.3 is 0 Å². The number of amidine groups is 1. The molecule has 2 aromatic heterocycles. The third-order valence-corrected chi connectivity index (χ3v) is 5.34. The van der Waals surface area contributed by atoms with Gasteiger partial charge in [0.15, 0.2) is 5.76 Å². The van der Waals surface area contributed by atoms with E-state index < -0.39 is 6.23 Å². The summed E-state index contributed by atoms with van der Waals surface area (Å²) >= 11 is 0. The first kappa shape index (κ1) is 19.8. The number of furan rings is 1. The van der Waals surface area contributed by atoms with Gasteiger partial charge in [-0.3, -0.25) is 4.98 Å². The fraction of sp³-hybridized carbons (Fsp3) is 0.120. The summed E-state index contributed by atoms with van der Waals surface area (Å²) in [6.45, 7) is 0.383. The number of hydrogen-bond acceptors (Lipinski definition) is 6. The highest BCUT2D eigenvalue weighted by molar-refractivity contribution is 5.96. The molecule has 0 N–H and O–H groups in total. The summed E-state index contributed by atoms with van der Waals surface area (Å²) in [4.78, 5) is 12.1. The van der Waals surface area contributed by atoms with Gasteiger partial charge in [-0.1, -0.05) is 23.4 Å². The van der Waals surface area contributed by atoms with E-state index in [1.807, 2.05) is 47.4 Å². The minimum Gasteiger partial charge on any atom is -0.497 e. The van der Waals surface area contributed by atoms with E-state index in [4.69, 9.17) is 14.0 Å². The summed E-state index contributed by atoms with van der Waals surface area (Å²) in [6, 6.07) is 19.7. The van der Waals surface area contributed by atoms with Gasteiger partial charge in [-0.15, -0.1) is 0 Å². The van der Waals surface area contributed by atoms with Crippen LogP contribution in [0.2, 0.25) is 0 Å². The molecule has 0 spiro atoms. The molecule has 0 amide bonds. The Morgan fingerprint density at radius 2 is 1.84 bits per heavy atom. The lowest BCUT2D eigenvalue weighted by Crippen LogP contribution is -2.31. The van der Waals surface area contributed by atoms with E-state index in [1.165, 1.54) is 6.07 Å². The second-order valence-electron chi connectivity index (χ2n) is 7.26. The molecule has 4 aromatic rings. The van der Waals surface area contributed by atoms with E-state index in [1.54, 1.807) is 44.0 Å². The summed E-state index contributed by atoms with van der Waals surface area (Å²) in [6.07, 6.45) is 4.50. The fourth-order valence-electron chi connectivity index (χ4n) is 3.76. The van der Waals surface area contributed by atoms with Crippen LogP contribution in [0.15, 0.2) is 95.0 Å². The van der Waals surface area contributed by atoms with Crippen LogP contribution in [0.3, 0.4) is 0 Å². The van der Waals surface area contributed by atoms with E-state index in [2.05, 4.69) is 10.1 Å². The Labute approximate surface area is 184 Å². The lowest BCUT2D eigenvalue weighted by molar-refractivity contribution is 0.00573. The van der Waals surface area contributed by atoms with Crippen molar-refractivity contribution >= 4 is 5.84 Å². The molecule has 7 heteroatoms. The number of rotatable bonds is 6. The van der Waals surface area contributed by atoms with Crippen LogP contribution in [0, 0.1) is 5.82 Å². The molecule has 0 aliphatic carbocycles. The highest BCUT2D eigenvalue weighted by Gasteiger charge is 2.34. The number of oxime groups is 1. The number of benzene rings is 2. The van der Waals surface area contributed by atoms with Crippen molar-refractivity contribution in [3.05, 3.63) is 108 Å². The van der Waals surface area contributed by atoms with Gasteiger partial charge in [0.25, 0.3) is 0 Å². The SMILES string of the molecule is COc1ccc(C2ON=C(c3ccco3)N2Cc2cnccc2-c2ccccc2F)cc1. The van der Waals surface area contributed by atoms with Gasteiger partial charge in [-0.2, -0.15) is 0 Å². The number of aromatic nitrogens is 1. The smallest absolute Gasteiger partial charge is 0.227 e. The molecule has 1 atom stereocenters. The second kappa shape index (κ2) is 8.55. The van der Waals surface area contributed by atoms with E-state index >= 15 is 0 Å². The first-order chi connectivity index (χ1) is 15.7. The van der Waals surface area contributed by atoms with E-state index in [-0.39, 0.29) is 5.82 Å². The van der Waals surface area contributed by atoms with Crippen molar-refractivity contribution in [2.24, 2.45) is 5.16 Å². The topological polar surface area (TPSA) is 60.1 Å². The second-order valence-corrected chi connectivity index (χ2v) is 7.26. The first-order valence-electron chi connectivity index (χ1n) is 10.1. The number of methoxy groups -OCH3 is 1. The average molecular weight is 429 g/mol. The molecule has 1 unspecified atom stereocenters. The monoisotopic (exact) mass is 429 g/mol. The van der Waals surface area contributed by atoms with Crippen molar-refractivity contribution in [2.75, 3.05) is 7.11 Å². The molecule has 2 aromatic carbocycles. The molecule has 6 nitrogen and oxygen atoms in total. The molecule has 3 heterocycles. The minimum absolute atomic E-state index is 0.288. The maximum absolute atomic E-state index is 14.6. The average Bonchev–Trinajstić information content (AvgIpc) is 3.50. The molecule has 0 saturated carbocycles. The maximum Gasteiger partial charge on any atom is 0.227 e. The Balaban J connectivity index is 1.54. The number of ether oxygens (including phenoxy) is 1. The van der Waals surface area contributed by atoms with Crippen molar-refractivity contribution in [3.8, 4) is 16.9 Å². The summed E-state index contributed by atoms with van der Waals surface area (Å²) in [7, 11) is 1.62. The Bertz CT molecular complexity index is 1240. The van der Waals surface area contributed by atoms with Crippen LogP contribution in [0.5, 0.6) is 5.75 Å². The summed E-state index contributed by atoms with van der Waals surface area (Å²) in [5, 5.41) is 4.30. The molecule has 5 rings (SSSR count). The van der Waals surface area contributed by atoms with E-state index in [0.717, 1.165) is 22.4 Å². The highest BCUT2D eigenvalue weighted by Crippen LogP contribution is 2.35. The Morgan fingerprint density at radius 3 is 2.59 bits per heavy atom. The van der Waals surface area contributed by atoms with Crippen molar-refractivity contribution in [1.82, 2.24) is 9.88 Å². The Morgan fingerprint density at radius 1 is 1.00 bits per heavy atom. The van der Waals surface area contributed by atoms with Crippen molar-refractivity contribution in [1.29, 1.82) is 0 Å². The molecule has 32 heavy (non-hydrogen) atoms. The van der Waals surface area contributed by atoms with Gasteiger partial charge in [0.2, 0.25) is 12.1 Å². The van der Waals surface area contributed by atoms with E-state index in [9.17, 15) is 4.39 Å². The van der Waals surface area contributed by atoms with E-state index in [0.29, 0.717) is 23.7 Å². The van der Waals surface area contributed by atoms with Gasteiger partial charge in [-0.05, 0) is 59.7 Å². The predicted octanol–water partition coefficient (Wildman–Crippen LogP) is 5.38. The summed E-state index contributed by atoms with van der Waals surface area (Å²) < 4.78 is 25.4. The molecule has 0 fully saturated rings. The fourth-order valence-corrected chi connectivity index (χ4v) is 3.76. The van der Waals surface area contributed by atoms with Gasteiger partial charge in [0.05, 0.1) is 19.9 Å². The van der Waals surface area contributed by atoms with Crippen molar-refractivity contribution in [3.63, 3.8) is 0 Å².